The van der Waals surface area contributed by atoms with E-state index in [4.69, 9.17) is 14.7 Å². The maximum Gasteiger partial charge on any atom is 0.305 e. The summed E-state index contributed by atoms with van der Waals surface area (Å²) < 4.78 is 5.87. The third-order valence-corrected chi connectivity index (χ3v) is 17.8. The molecule has 3 aromatic heterocycles. The molecular formula is C69H63N5O5. The van der Waals surface area contributed by atoms with E-state index in [0.29, 0.717) is 48.6 Å². The van der Waals surface area contributed by atoms with Gasteiger partial charge in [0.05, 0.1) is 35.5 Å². The smallest absolute Gasteiger partial charge is 0.305 e. The van der Waals surface area contributed by atoms with Crippen molar-refractivity contribution in [2.45, 2.75) is 70.3 Å². The summed E-state index contributed by atoms with van der Waals surface area (Å²) in [5.41, 5.74) is 17.5. The Kier molecular flexibility index (Phi) is 13.3. The van der Waals surface area contributed by atoms with Crippen LogP contribution in [0.5, 0.6) is 5.75 Å². The standard InChI is InChI=1S/C69H63N5O5/c1-69-41-48(63-50-26-24-49(75)40-47(50)23-25-51(63)52(69)27-36-61(69)76)37-39-79-62(77)18-11-38-70-68(78)46-21-19-45(20-22-46)67-59-34-32-57(73-59)65(43-14-7-3-8-15-43)55-30-28-53(71-55)64(42-12-5-2-6-13-42)54-29-31-56(72-54)66(44-16-9-4-10-17-44)58-33-35-60(67)74-58/h2-10,12-17,19-22,24,26,28-35,40,48,51-52,61,63,71,74-76H,11,18,23,25,27,36-39,41H2,1H3,(H,70,78)/t48-,51-,52-,61-,63+,69-/m0/s1. The van der Waals surface area contributed by atoms with Crippen molar-refractivity contribution in [3.8, 4) is 50.3 Å². The maximum absolute atomic E-state index is 13.7. The Morgan fingerprint density at radius 1 is 0.633 bits per heavy atom. The van der Waals surface area contributed by atoms with Crippen molar-refractivity contribution in [1.29, 1.82) is 0 Å². The number of aliphatic hydroxyl groups excluding tert-OH is 1. The molecule has 1 amide bonds. The van der Waals surface area contributed by atoms with Gasteiger partial charge in [0.25, 0.3) is 5.91 Å². The van der Waals surface area contributed by atoms with Gasteiger partial charge in [-0.1, -0.05) is 116 Å². The second kappa shape index (κ2) is 21.0. The molecule has 2 saturated carbocycles. The van der Waals surface area contributed by atoms with Gasteiger partial charge in [-0.05, 0) is 180 Å². The number of hydrogen-bond donors (Lipinski definition) is 5. The first-order chi connectivity index (χ1) is 38.7. The number of hydrogen-bond acceptors (Lipinski definition) is 7. The first kappa shape index (κ1) is 49.9. The molecule has 5 aromatic carbocycles. The number of phenols is 1. The molecule has 394 valence electrons. The summed E-state index contributed by atoms with van der Waals surface area (Å²) in [7, 11) is 0. The van der Waals surface area contributed by atoms with Crippen LogP contribution in [0.2, 0.25) is 0 Å². The van der Waals surface area contributed by atoms with Crippen LogP contribution in [0.25, 0.3) is 90.9 Å². The van der Waals surface area contributed by atoms with E-state index in [0.717, 1.165) is 128 Å². The lowest BCUT2D eigenvalue weighted by Crippen LogP contribution is -2.48. The van der Waals surface area contributed by atoms with Crippen LogP contribution in [0.1, 0.15) is 102 Å². The van der Waals surface area contributed by atoms with Crippen LogP contribution in [-0.4, -0.2) is 61.3 Å². The molecule has 6 atom stereocenters. The summed E-state index contributed by atoms with van der Waals surface area (Å²) in [5, 5.41) is 24.5. The van der Waals surface area contributed by atoms with Crippen LogP contribution < -0.4 is 5.32 Å². The number of rotatable bonds is 12. The van der Waals surface area contributed by atoms with Crippen LogP contribution in [0.15, 0.2) is 158 Å². The molecule has 2 fully saturated rings. The molecule has 0 saturated heterocycles. The van der Waals surface area contributed by atoms with Gasteiger partial charge in [-0.15, -0.1) is 0 Å². The highest BCUT2D eigenvalue weighted by molar-refractivity contribution is 6.00. The highest BCUT2D eigenvalue weighted by Gasteiger charge is 2.57. The Labute approximate surface area is 460 Å². The molecule has 10 heteroatoms. The predicted molar refractivity (Wildman–Crippen MR) is 315 cm³/mol. The van der Waals surface area contributed by atoms with Gasteiger partial charge < -0.3 is 30.2 Å². The van der Waals surface area contributed by atoms with E-state index in [1.807, 2.05) is 72.8 Å². The molecule has 5 aliphatic rings. The molecule has 13 rings (SSSR count). The van der Waals surface area contributed by atoms with E-state index in [9.17, 15) is 19.8 Å². The fraction of sp³-hybridized carbons (Fsp3) is 0.246. The molecule has 3 aliphatic carbocycles. The van der Waals surface area contributed by atoms with Gasteiger partial charge >= 0.3 is 5.97 Å². The quantitative estimate of drug-likeness (QED) is 0.0603. The van der Waals surface area contributed by atoms with E-state index in [1.54, 1.807) is 6.07 Å². The Bertz CT molecular complexity index is 3830. The maximum atomic E-state index is 13.7. The highest BCUT2D eigenvalue weighted by Crippen LogP contribution is 2.63. The van der Waals surface area contributed by atoms with Crippen LogP contribution in [-0.2, 0) is 16.0 Å². The minimum Gasteiger partial charge on any atom is -0.508 e. The summed E-state index contributed by atoms with van der Waals surface area (Å²) in [6.45, 7) is 2.90. The number of phenolic OH excluding ortho intramolecular Hbond substituents is 1. The molecule has 0 spiro atoms. The van der Waals surface area contributed by atoms with Crippen molar-refractivity contribution >= 4 is 58.2 Å². The number of ether oxygens (including phenoxy) is 1. The topological polar surface area (TPSA) is 153 Å². The summed E-state index contributed by atoms with van der Waals surface area (Å²) in [4.78, 5) is 45.3. The van der Waals surface area contributed by atoms with Crippen LogP contribution >= 0.6 is 0 Å². The summed E-state index contributed by atoms with van der Waals surface area (Å²) >= 11 is 0. The van der Waals surface area contributed by atoms with Gasteiger partial charge in [-0.2, -0.15) is 0 Å². The van der Waals surface area contributed by atoms with E-state index in [-0.39, 0.29) is 35.7 Å². The minimum atomic E-state index is -0.315. The van der Waals surface area contributed by atoms with Crippen molar-refractivity contribution in [3.63, 3.8) is 0 Å². The number of amides is 1. The zero-order valence-corrected chi connectivity index (χ0v) is 44.3. The second-order valence-corrected chi connectivity index (χ2v) is 22.3. The monoisotopic (exact) mass is 1040 g/mol. The average molecular weight is 1040 g/mol. The first-order valence-corrected chi connectivity index (χ1v) is 28.0. The zero-order valence-electron chi connectivity index (χ0n) is 44.3. The van der Waals surface area contributed by atoms with Crippen molar-refractivity contribution < 1.29 is 24.5 Å². The lowest BCUT2D eigenvalue weighted by molar-refractivity contribution is -0.144. The number of nitrogens with one attached hydrogen (secondary N) is 3. The summed E-state index contributed by atoms with van der Waals surface area (Å²) in [5.74, 6) is 1.30. The number of aromatic nitrogens is 4. The van der Waals surface area contributed by atoms with Gasteiger partial charge in [0.15, 0.2) is 0 Å². The van der Waals surface area contributed by atoms with Gasteiger partial charge in [-0.3, -0.25) is 9.59 Å². The Morgan fingerprint density at radius 2 is 1.14 bits per heavy atom. The molecule has 8 bridgehead atoms. The largest absolute Gasteiger partial charge is 0.508 e. The SMILES string of the molecule is C[C@]12C[C@H](CCOC(=O)CCCNC(=O)c3ccc(-c4c5nc(c(-c6ccccc6)c6ccc([nH]6)c(-c6ccccc6)c6nc(c(-c7ccccc7)c7ccc4[nH]7)C=C6)C=C5)cc3)[C@@H]3c4ccc(O)cc4CC[C@H]3[C@@H]1CC[C@@H]2O. The van der Waals surface area contributed by atoms with E-state index in [2.05, 4.69) is 125 Å². The fourth-order valence-electron chi connectivity index (χ4n) is 14.1. The van der Waals surface area contributed by atoms with Gasteiger partial charge in [0.1, 0.15) is 5.75 Å². The van der Waals surface area contributed by atoms with Crippen LogP contribution in [0.3, 0.4) is 0 Å². The number of H-pyrrole nitrogens is 2. The number of aliphatic hydroxyl groups is 1. The minimum absolute atomic E-state index is 0.140. The number of carbonyl (C=O) groups excluding carboxylic acids is 2. The third kappa shape index (κ3) is 9.48. The molecule has 5 heterocycles. The number of aromatic hydroxyl groups is 1. The van der Waals surface area contributed by atoms with E-state index >= 15 is 0 Å². The first-order valence-electron chi connectivity index (χ1n) is 28.0. The molecule has 0 radical (unpaired) electrons. The Balaban J connectivity index is 0.766. The fourth-order valence-corrected chi connectivity index (χ4v) is 14.1. The number of nitrogens with zero attached hydrogens (tertiary/aromatic N) is 2. The lowest BCUT2D eigenvalue weighted by atomic mass is 9.51. The van der Waals surface area contributed by atoms with E-state index in [1.165, 1.54) is 11.1 Å². The molecule has 8 aromatic rings. The number of aryl methyl sites for hydroxylation is 1. The number of aromatic amines is 2. The Hall–Kier alpha value is -8.60. The number of carbonyl (C=O) groups is 2. The van der Waals surface area contributed by atoms with Gasteiger partial charge in [-0.25, -0.2) is 9.97 Å². The zero-order chi connectivity index (χ0) is 53.6. The normalized spacial score (nSPS) is 20.8. The second-order valence-electron chi connectivity index (χ2n) is 22.3. The van der Waals surface area contributed by atoms with Crippen molar-refractivity contribution in [2.24, 2.45) is 23.2 Å². The molecule has 79 heavy (non-hydrogen) atoms. The lowest BCUT2D eigenvalue weighted by Gasteiger charge is -2.54. The van der Waals surface area contributed by atoms with Crippen LogP contribution in [0, 0.1) is 23.2 Å². The van der Waals surface area contributed by atoms with Crippen molar-refractivity contribution in [1.82, 2.24) is 25.3 Å². The average Bonchev–Trinajstić information content (AvgIpc) is 4.57. The summed E-state index contributed by atoms with van der Waals surface area (Å²) in [6.07, 6.45) is 14.2. The Morgan fingerprint density at radius 3 is 1.66 bits per heavy atom. The van der Waals surface area contributed by atoms with Crippen molar-refractivity contribution in [3.05, 3.63) is 197 Å². The van der Waals surface area contributed by atoms with Crippen molar-refractivity contribution in [2.75, 3.05) is 13.2 Å². The van der Waals surface area contributed by atoms with Gasteiger partial charge in [0, 0.05) is 62.8 Å². The molecule has 0 unspecified atom stereocenters. The van der Waals surface area contributed by atoms with E-state index < -0.39 is 0 Å². The van der Waals surface area contributed by atoms with Crippen LogP contribution in [0.4, 0.5) is 0 Å². The molecule has 2 aliphatic heterocycles. The number of benzene rings is 5. The summed E-state index contributed by atoms with van der Waals surface area (Å²) in [6, 6.07) is 53.0. The highest BCUT2D eigenvalue weighted by atomic mass is 16.5. The number of fused-ring (bicyclic) bond motifs is 13. The molecule has 5 N–H and O–H groups in total. The van der Waals surface area contributed by atoms with Gasteiger partial charge in [0.2, 0.25) is 0 Å². The number of esters is 1. The predicted octanol–water partition coefficient (Wildman–Crippen LogP) is 14.6. The molecule has 10 nitrogen and oxygen atoms in total. The molecular weight excluding hydrogens is 979 g/mol. The third-order valence-electron chi connectivity index (χ3n) is 17.8.